The Kier molecular flexibility index (Phi) is 6.01. The molecule has 0 bridgehead atoms. The highest BCUT2D eigenvalue weighted by molar-refractivity contribution is 7.81. The van der Waals surface area contributed by atoms with E-state index in [-0.39, 0.29) is 5.75 Å². The van der Waals surface area contributed by atoms with E-state index in [0.717, 1.165) is 5.56 Å². The van der Waals surface area contributed by atoms with Crippen LogP contribution in [0.1, 0.15) is 31.1 Å². The lowest BCUT2D eigenvalue weighted by Crippen LogP contribution is -2.23. The predicted molar refractivity (Wildman–Crippen MR) is 126 cm³/mol. The Hall–Kier alpha value is -3.92. The van der Waals surface area contributed by atoms with Crippen molar-refractivity contribution in [2.45, 2.75) is 26.4 Å². The first-order valence-corrected chi connectivity index (χ1v) is 11.6. The lowest BCUT2D eigenvalue weighted by Gasteiger charge is -2.19. The number of benzene rings is 2. The molecule has 2 aromatic heterocycles. The Labute approximate surface area is 196 Å². The normalized spacial score (nSPS) is 11.9. The van der Waals surface area contributed by atoms with Crippen LogP contribution in [0.2, 0.25) is 0 Å². The van der Waals surface area contributed by atoms with E-state index in [2.05, 4.69) is 14.5 Å². The molecule has 10 heteroatoms. The van der Waals surface area contributed by atoms with Crippen LogP contribution in [0.3, 0.4) is 0 Å². The number of halogens is 1. The topological polar surface area (TPSA) is 99.0 Å². The molecule has 0 aliphatic heterocycles. The fourth-order valence-corrected chi connectivity index (χ4v) is 3.60. The summed E-state index contributed by atoms with van der Waals surface area (Å²) in [6.45, 7) is 5.38. The minimum absolute atomic E-state index is 0.213. The number of esters is 1. The molecule has 0 unspecified atom stereocenters. The summed E-state index contributed by atoms with van der Waals surface area (Å²) in [5.41, 5.74) is 2.29. The molecular weight excluding hydrogens is 461 g/mol. The Balaban J connectivity index is 1.74. The number of anilines is 2. The molecular formula is C24H22FN3O5S. The van der Waals surface area contributed by atoms with Crippen molar-refractivity contribution in [3.05, 3.63) is 78.5 Å². The van der Waals surface area contributed by atoms with Gasteiger partial charge in [-0.3, -0.25) is 4.40 Å². The summed E-state index contributed by atoms with van der Waals surface area (Å²) in [7, 11) is -5.19. The van der Waals surface area contributed by atoms with Gasteiger partial charge >= 0.3 is 16.5 Å². The fraction of sp³-hybridized carbons (Fsp3) is 0.167. The van der Waals surface area contributed by atoms with Crippen molar-refractivity contribution in [1.29, 1.82) is 0 Å². The van der Waals surface area contributed by atoms with Gasteiger partial charge in [-0.15, -0.1) is 0 Å². The molecule has 2 heterocycles. The summed E-state index contributed by atoms with van der Waals surface area (Å²) in [5.74, 6) is -0.156. The van der Waals surface area contributed by atoms with Gasteiger partial charge in [-0.25, -0.2) is 9.78 Å². The van der Waals surface area contributed by atoms with Crippen molar-refractivity contribution in [2.75, 3.05) is 5.32 Å². The van der Waals surface area contributed by atoms with Gasteiger partial charge in [0.25, 0.3) is 0 Å². The number of hydrogen-bond donors (Lipinski definition) is 1. The zero-order valence-corrected chi connectivity index (χ0v) is 19.5. The maximum Gasteiger partial charge on any atom is 0.488 e. The monoisotopic (exact) mass is 483 g/mol. The number of nitrogens with zero attached hydrogens (tertiary/aromatic N) is 2. The van der Waals surface area contributed by atoms with Crippen LogP contribution in [-0.2, 0) is 15.2 Å². The molecule has 0 aliphatic rings. The molecule has 0 spiro atoms. The molecule has 2 aromatic carbocycles. The van der Waals surface area contributed by atoms with Crippen LogP contribution < -0.4 is 9.50 Å². The molecule has 0 fully saturated rings. The second kappa shape index (κ2) is 8.79. The minimum Gasteiger partial charge on any atom is -0.456 e. The van der Waals surface area contributed by atoms with Crippen molar-refractivity contribution < 1.29 is 26.0 Å². The molecule has 34 heavy (non-hydrogen) atoms. The van der Waals surface area contributed by atoms with E-state index in [4.69, 9.17) is 4.74 Å². The van der Waals surface area contributed by atoms with Crippen LogP contribution in [0.5, 0.6) is 5.75 Å². The van der Waals surface area contributed by atoms with Crippen molar-refractivity contribution in [3.63, 3.8) is 0 Å². The standard InChI is InChI=1S/C24H22FN3O5S/c1-24(2,3)32-23(29)17-9-11-18(12-10-17)26-22-21(16-7-5-4-6-8-16)27-20-14-13-19(15-28(20)22)33-34(25,30)31/h4-15,26H,1-3H3. The molecule has 8 nitrogen and oxygen atoms in total. The van der Waals surface area contributed by atoms with E-state index in [1.54, 1.807) is 49.4 Å². The maximum absolute atomic E-state index is 13.1. The van der Waals surface area contributed by atoms with E-state index < -0.39 is 22.1 Å². The number of carbonyl (C=O) groups excluding carboxylic acids is 1. The average Bonchev–Trinajstić information content (AvgIpc) is 3.10. The zero-order valence-electron chi connectivity index (χ0n) is 18.7. The van der Waals surface area contributed by atoms with E-state index in [1.807, 2.05) is 30.3 Å². The lowest BCUT2D eigenvalue weighted by molar-refractivity contribution is 0.00695. The summed E-state index contributed by atoms with van der Waals surface area (Å²) in [5, 5.41) is 3.25. The molecule has 0 aliphatic carbocycles. The molecule has 4 aromatic rings. The molecule has 0 saturated heterocycles. The van der Waals surface area contributed by atoms with E-state index in [1.165, 1.54) is 18.3 Å². The molecule has 0 saturated carbocycles. The third-order valence-corrected chi connectivity index (χ3v) is 5.01. The highest BCUT2D eigenvalue weighted by atomic mass is 32.3. The third-order valence-electron chi connectivity index (χ3n) is 4.62. The smallest absolute Gasteiger partial charge is 0.456 e. The second-order valence-electron chi connectivity index (χ2n) is 8.45. The zero-order chi connectivity index (χ0) is 24.5. The fourth-order valence-electron chi connectivity index (χ4n) is 3.27. The number of hydrogen-bond acceptors (Lipinski definition) is 7. The van der Waals surface area contributed by atoms with Gasteiger partial charge in [-0.1, -0.05) is 34.2 Å². The van der Waals surface area contributed by atoms with Crippen LogP contribution in [0.25, 0.3) is 16.9 Å². The Morgan fingerprint density at radius 3 is 2.29 bits per heavy atom. The average molecular weight is 484 g/mol. The molecule has 176 valence electrons. The number of aromatic nitrogens is 2. The molecule has 0 radical (unpaired) electrons. The summed E-state index contributed by atoms with van der Waals surface area (Å²) < 4.78 is 46.3. The maximum atomic E-state index is 13.1. The minimum atomic E-state index is -5.19. The van der Waals surface area contributed by atoms with Gasteiger partial charge in [0.15, 0.2) is 5.75 Å². The lowest BCUT2D eigenvalue weighted by atomic mass is 10.1. The number of pyridine rings is 1. The van der Waals surface area contributed by atoms with Gasteiger partial charge in [0.1, 0.15) is 22.8 Å². The molecule has 0 atom stereocenters. The molecule has 4 rings (SSSR count). The highest BCUT2D eigenvalue weighted by Crippen LogP contribution is 2.32. The van der Waals surface area contributed by atoms with Gasteiger partial charge in [0, 0.05) is 11.3 Å². The predicted octanol–water partition coefficient (Wildman–Crippen LogP) is 5.29. The van der Waals surface area contributed by atoms with Crippen molar-refractivity contribution in [1.82, 2.24) is 9.38 Å². The third kappa shape index (κ3) is 5.52. The van der Waals surface area contributed by atoms with Gasteiger partial charge in [0.05, 0.1) is 11.8 Å². The van der Waals surface area contributed by atoms with Crippen LogP contribution in [0.4, 0.5) is 15.4 Å². The van der Waals surface area contributed by atoms with Crippen LogP contribution in [-0.4, -0.2) is 29.4 Å². The Bertz CT molecular complexity index is 1440. The first kappa shape index (κ1) is 23.2. The van der Waals surface area contributed by atoms with Gasteiger partial charge in [-0.2, -0.15) is 8.42 Å². The summed E-state index contributed by atoms with van der Waals surface area (Å²) in [6, 6.07) is 18.9. The van der Waals surface area contributed by atoms with E-state index in [0.29, 0.717) is 28.4 Å². The van der Waals surface area contributed by atoms with Crippen LogP contribution in [0.15, 0.2) is 72.9 Å². The number of imidazole rings is 1. The molecule has 0 amide bonds. The quantitative estimate of drug-likeness (QED) is 0.294. The number of nitrogens with one attached hydrogen (secondary N) is 1. The highest BCUT2D eigenvalue weighted by Gasteiger charge is 2.19. The first-order valence-electron chi connectivity index (χ1n) is 10.3. The molecule has 1 N–H and O–H groups in total. The first-order chi connectivity index (χ1) is 16.0. The number of ether oxygens (including phenoxy) is 1. The SMILES string of the molecule is CC(C)(C)OC(=O)c1ccc(Nc2c(-c3ccccc3)nc3ccc(OS(=O)(=O)F)cn23)cc1. The van der Waals surface area contributed by atoms with E-state index in [9.17, 15) is 17.1 Å². The Morgan fingerprint density at radius 1 is 1.00 bits per heavy atom. The largest absolute Gasteiger partial charge is 0.488 e. The summed E-state index contributed by atoms with van der Waals surface area (Å²) >= 11 is 0. The van der Waals surface area contributed by atoms with Gasteiger partial charge in [-0.05, 0) is 57.2 Å². The summed E-state index contributed by atoms with van der Waals surface area (Å²) in [6.07, 6.45) is 1.32. The number of rotatable bonds is 6. The van der Waals surface area contributed by atoms with Crippen molar-refractivity contribution >= 4 is 33.6 Å². The van der Waals surface area contributed by atoms with Gasteiger partial charge in [0.2, 0.25) is 0 Å². The second-order valence-corrected chi connectivity index (χ2v) is 9.40. The number of carbonyl (C=O) groups is 1. The van der Waals surface area contributed by atoms with Crippen LogP contribution >= 0.6 is 0 Å². The van der Waals surface area contributed by atoms with Crippen molar-refractivity contribution in [2.24, 2.45) is 0 Å². The Morgan fingerprint density at radius 2 is 1.68 bits per heavy atom. The van der Waals surface area contributed by atoms with Crippen LogP contribution in [0, 0.1) is 0 Å². The van der Waals surface area contributed by atoms with E-state index >= 15 is 0 Å². The number of fused-ring (bicyclic) bond motifs is 1. The van der Waals surface area contributed by atoms with Gasteiger partial charge < -0.3 is 14.2 Å². The summed E-state index contributed by atoms with van der Waals surface area (Å²) in [4.78, 5) is 16.9. The van der Waals surface area contributed by atoms with Crippen molar-refractivity contribution in [3.8, 4) is 17.0 Å².